The summed E-state index contributed by atoms with van der Waals surface area (Å²) in [6, 6.07) is 0. The number of carbonyl (C=O) groups is 3. The predicted octanol–water partition coefficient (Wildman–Crippen LogP) is 4.05. The van der Waals surface area contributed by atoms with E-state index in [1.54, 1.807) is 0 Å². The number of carbonyl (C=O) groups excluding carboxylic acids is 2. The van der Waals surface area contributed by atoms with Crippen LogP contribution in [0.4, 0.5) is 0 Å². The fraction of sp³-hybridized carbons (Fsp3) is 0.667. The van der Waals surface area contributed by atoms with Crippen LogP contribution < -0.4 is 0 Å². The number of hydrogen-bond donors (Lipinski definition) is 1. The van der Waals surface area contributed by atoms with Crippen molar-refractivity contribution in [2.45, 2.75) is 65.2 Å². The molecule has 0 bridgehead atoms. The number of ketones is 1. The molecule has 0 heterocycles. The molecular formula is C21H32O6. The average Bonchev–Trinajstić information content (AvgIpc) is 2.93. The van der Waals surface area contributed by atoms with Gasteiger partial charge in [-0.05, 0) is 44.9 Å². The molecule has 1 aliphatic carbocycles. The molecule has 0 aromatic rings. The molecule has 1 saturated carbocycles. The van der Waals surface area contributed by atoms with Crippen LogP contribution in [-0.2, 0) is 23.9 Å². The number of carboxylic acid groups (broad SMARTS) is 1. The van der Waals surface area contributed by atoms with Gasteiger partial charge in [-0.3, -0.25) is 9.59 Å². The molecule has 0 saturated heterocycles. The topological polar surface area (TPSA) is 89.9 Å². The van der Waals surface area contributed by atoms with E-state index in [4.69, 9.17) is 14.6 Å². The molecule has 1 aliphatic rings. The van der Waals surface area contributed by atoms with Crippen LogP contribution in [0.1, 0.15) is 65.2 Å². The second kappa shape index (κ2) is 13.3. The predicted molar refractivity (Wildman–Crippen MR) is 102 cm³/mol. The highest BCUT2D eigenvalue weighted by Crippen LogP contribution is 2.34. The zero-order valence-electron chi connectivity index (χ0n) is 16.4. The second-order valence-electron chi connectivity index (χ2n) is 6.83. The van der Waals surface area contributed by atoms with E-state index in [1.807, 2.05) is 6.92 Å². The molecule has 1 N–H and O–H groups in total. The molecular weight excluding hydrogens is 348 g/mol. The van der Waals surface area contributed by atoms with Crippen molar-refractivity contribution >= 4 is 17.7 Å². The maximum atomic E-state index is 12.2. The Bertz CT molecular complexity index is 549. The van der Waals surface area contributed by atoms with Gasteiger partial charge >= 0.3 is 11.9 Å². The minimum Gasteiger partial charge on any atom is -0.478 e. The van der Waals surface area contributed by atoms with Gasteiger partial charge in [0.05, 0.1) is 6.08 Å². The summed E-state index contributed by atoms with van der Waals surface area (Å²) >= 11 is 0. The highest BCUT2D eigenvalue weighted by atomic mass is 16.5. The minimum absolute atomic E-state index is 0.0498. The molecule has 0 aromatic heterocycles. The standard InChI is InChI=1S/C21H32O6/c1-3-26-14-8-4-5-9-17-12-13-20(23)19(17)11-7-6-10-18(15-21(24)25)27-16(2)22/h5,9,15,17,19H,3-4,6-8,10-14H2,1-2H3,(H,24,25)/t17-,19+/m0/s1. The molecule has 0 unspecified atom stereocenters. The van der Waals surface area contributed by atoms with Crippen LogP contribution in [0.25, 0.3) is 0 Å². The van der Waals surface area contributed by atoms with Gasteiger partial charge in [0.15, 0.2) is 0 Å². The zero-order valence-corrected chi connectivity index (χ0v) is 16.4. The number of carboxylic acids is 1. The maximum Gasteiger partial charge on any atom is 0.331 e. The third-order valence-electron chi connectivity index (χ3n) is 4.65. The first-order valence-electron chi connectivity index (χ1n) is 9.83. The van der Waals surface area contributed by atoms with Crippen molar-refractivity contribution in [1.29, 1.82) is 0 Å². The van der Waals surface area contributed by atoms with Crippen molar-refractivity contribution in [2.75, 3.05) is 13.2 Å². The van der Waals surface area contributed by atoms with Crippen molar-refractivity contribution in [2.24, 2.45) is 11.8 Å². The lowest BCUT2D eigenvalue weighted by Crippen LogP contribution is -2.13. The van der Waals surface area contributed by atoms with Gasteiger partial charge in [0, 0.05) is 38.9 Å². The van der Waals surface area contributed by atoms with Gasteiger partial charge in [-0.1, -0.05) is 18.6 Å². The SMILES string of the molecule is CCOCCCC=C[C@H]1CCC(=O)[C@@H]1CCCCC(=CC(=O)O)OC(C)=O. The summed E-state index contributed by atoms with van der Waals surface area (Å²) in [6.07, 6.45) is 11.4. The van der Waals surface area contributed by atoms with Crippen LogP contribution in [-0.4, -0.2) is 36.0 Å². The lowest BCUT2D eigenvalue weighted by molar-refractivity contribution is -0.137. The third kappa shape index (κ3) is 10.1. The highest BCUT2D eigenvalue weighted by Gasteiger charge is 2.32. The van der Waals surface area contributed by atoms with E-state index < -0.39 is 11.9 Å². The first-order valence-corrected chi connectivity index (χ1v) is 9.83. The van der Waals surface area contributed by atoms with Gasteiger partial charge in [0.2, 0.25) is 0 Å². The lowest BCUT2D eigenvalue weighted by atomic mass is 9.89. The Morgan fingerprint density at radius 3 is 2.70 bits per heavy atom. The van der Waals surface area contributed by atoms with Gasteiger partial charge in [0.25, 0.3) is 0 Å². The summed E-state index contributed by atoms with van der Waals surface area (Å²) < 4.78 is 10.2. The van der Waals surface area contributed by atoms with Crippen LogP contribution in [0.15, 0.2) is 24.0 Å². The maximum absolute atomic E-state index is 12.2. The Morgan fingerprint density at radius 2 is 2.04 bits per heavy atom. The van der Waals surface area contributed by atoms with Crippen LogP contribution in [0.5, 0.6) is 0 Å². The van der Waals surface area contributed by atoms with Crippen LogP contribution in [0, 0.1) is 11.8 Å². The lowest BCUT2D eigenvalue weighted by Gasteiger charge is -2.15. The number of allylic oxidation sites excluding steroid dienone is 3. The van der Waals surface area contributed by atoms with Crippen molar-refractivity contribution < 1.29 is 29.0 Å². The monoisotopic (exact) mass is 380 g/mol. The van der Waals surface area contributed by atoms with Gasteiger partial charge in [-0.2, -0.15) is 0 Å². The largest absolute Gasteiger partial charge is 0.478 e. The zero-order chi connectivity index (χ0) is 20.1. The summed E-state index contributed by atoms with van der Waals surface area (Å²) in [5.41, 5.74) is 0. The normalized spacial score (nSPS) is 20.4. The first-order chi connectivity index (χ1) is 12.9. The average molecular weight is 380 g/mol. The molecule has 0 aliphatic heterocycles. The van der Waals surface area contributed by atoms with E-state index in [-0.39, 0.29) is 11.7 Å². The molecule has 6 nitrogen and oxygen atoms in total. The number of aliphatic carboxylic acids is 1. The molecule has 0 radical (unpaired) electrons. The number of hydrogen-bond acceptors (Lipinski definition) is 5. The molecule has 0 amide bonds. The quantitative estimate of drug-likeness (QED) is 0.170. The Labute approximate surface area is 161 Å². The Balaban J connectivity index is 2.39. The highest BCUT2D eigenvalue weighted by molar-refractivity contribution is 5.83. The van der Waals surface area contributed by atoms with Gasteiger partial charge in [-0.25, -0.2) is 4.79 Å². The minimum atomic E-state index is -1.13. The van der Waals surface area contributed by atoms with Crippen molar-refractivity contribution in [3.63, 3.8) is 0 Å². The second-order valence-corrected chi connectivity index (χ2v) is 6.83. The summed E-state index contributed by atoms with van der Waals surface area (Å²) in [7, 11) is 0. The van der Waals surface area contributed by atoms with Crippen LogP contribution in [0.3, 0.4) is 0 Å². The van der Waals surface area contributed by atoms with Crippen LogP contribution >= 0.6 is 0 Å². The Kier molecular flexibility index (Phi) is 11.3. The molecule has 1 fully saturated rings. The molecule has 152 valence electrons. The molecule has 6 heteroatoms. The molecule has 2 atom stereocenters. The Morgan fingerprint density at radius 1 is 1.26 bits per heavy atom. The summed E-state index contributed by atoms with van der Waals surface area (Å²) in [6.45, 7) is 4.74. The fourth-order valence-electron chi connectivity index (χ4n) is 3.40. The van der Waals surface area contributed by atoms with Gasteiger partial charge < -0.3 is 14.6 Å². The number of Topliss-reactive ketones (excluding diaryl/α,β-unsaturated/α-hetero) is 1. The Hall–Kier alpha value is -1.95. The van der Waals surface area contributed by atoms with E-state index in [9.17, 15) is 14.4 Å². The first kappa shape index (κ1) is 23.1. The number of unbranched alkanes of at least 4 members (excludes halogenated alkanes) is 2. The van der Waals surface area contributed by atoms with Gasteiger partial charge in [-0.15, -0.1) is 0 Å². The van der Waals surface area contributed by atoms with E-state index >= 15 is 0 Å². The number of esters is 1. The summed E-state index contributed by atoms with van der Waals surface area (Å²) in [4.78, 5) is 34.0. The fourth-order valence-corrected chi connectivity index (χ4v) is 3.40. The van der Waals surface area contributed by atoms with Crippen molar-refractivity contribution in [3.8, 4) is 0 Å². The van der Waals surface area contributed by atoms with Crippen LogP contribution in [0.2, 0.25) is 0 Å². The van der Waals surface area contributed by atoms with E-state index in [1.165, 1.54) is 6.92 Å². The summed E-state index contributed by atoms with van der Waals surface area (Å²) in [5.74, 6) is -0.825. The summed E-state index contributed by atoms with van der Waals surface area (Å²) in [5, 5.41) is 8.82. The molecule has 0 spiro atoms. The third-order valence-corrected chi connectivity index (χ3v) is 4.65. The van der Waals surface area contributed by atoms with Crippen molar-refractivity contribution in [1.82, 2.24) is 0 Å². The van der Waals surface area contributed by atoms with Gasteiger partial charge in [0.1, 0.15) is 11.5 Å². The number of rotatable bonds is 13. The molecule has 0 aromatic carbocycles. The molecule has 1 rings (SSSR count). The number of ether oxygens (including phenoxy) is 2. The smallest absolute Gasteiger partial charge is 0.331 e. The molecule has 27 heavy (non-hydrogen) atoms. The van der Waals surface area contributed by atoms with E-state index in [0.717, 1.165) is 51.4 Å². The van der Waals surface area contributed by atoms with Crippen molar-refractivity contribution in [3.05, 3.63) is 24.0 Å². The van der Waals surface area contributed by atoms with E-state index in [0.29, 0.717) is 31.0 Å². The van der Waals surface area contributed by atoms with E-state index in [2.05, 4.69) is 12.2 Å².